The smallest absolute Gasteiger partial charge is 0.334 e. The summed E-state index contributed by atoms with van der Waals surface area (Å²) < 4.78 is 0. The normalized spacial score (nSPS) is 18.9. The van der Waals surface area contributed by atoms with E-state index in [1.54, 1.807) is 50.3 Å². The van der Waals surface area contributed by atoms with Crippen molar-refractivity contribution in [3.05, 3.63) is 120 Å². The van der Waals surface area contributed by atoms with Crippen LogP contribution in [0.1, 0.15) is 23.6 Å². The van der Waals surface area contributed by atoms with E-state index in [1.807, 2.05) is 79.7 Å². The minimum absolute atomic E-state index is 0.0494. The number of urea groups is 1. The molecule has 0 saturated carbocycles. The third kappa shape index (κ3) is 6.37. The van der Waals surface area contributed by atoms with Gasteiger partial charge in [0.1, 0.15) is 18.0 Å². The third-order valence-electron chi connectivity index (χ3n) is 8.32. The van der Waals surface area contributed by atoms with Crippen LogP contribution in [0.5, 0.6) is 5.75 Å². The topological polar surface area (TPSA) is 109 Å². The van der Waals surface area contributed by atoms with Crippen molar-refractivity contribution in [2.24, 2.45) is 0 Å². The highest BCUT2D eigenvalue weighted by Gasteiger charge is 2.51. The number of hydrogen-bond acceptors (Lipinski definition) is 6. The molecule has 3 heterocycles. The van der Waals surface area contributed by atoms with Crippen molar-refractivity contribution in [3.63, 3.8) is 0 Å². The average molecular weight is 605 g/mol. The lowest BCUT2D eigenvalue weighted by molar-refractivity contribution is -0.189. The highest BCUT2D eigenvalue weighted by molar-refractivity contribution is 5.92. The van der Waals surface area contributed by atoms with Gasteiger partial charge < -0.3 is 20.2 Å². The molecule has 4 amide bonds. The van der Waals surface area contributed by atoms with E-state index in [2.05, 4.69) is 10.3 Å². The molecule has 10 heteroatoms. The van der Waals surface area contributed by atoms with E-state index in [1.165, 1.54) is 0 Å². The van der Waals surface area contributed by atoms with Crippen molar-refractivity contribution in [1.29, 1.82) is 0 Å². The van der Waals surface area contributed by atoms with E-state index in [9.17, 15) is 19.5 Å². The summed E-state index contributed by atoms with van der Waals surface area (Å²) in [6.07, 6.45) is 5.02. The van der Waals surface area contributed by atoms with Gasteiger partial charge in [0.25, 0.3) is 0 Å². The number of aromatic nitrogens is 1. The highest BCUT2D eigenvalue weighted by atomic mass is 16.3. The number of nitrogens with zero attached hydrogens (tertiary/aromatic N) is 5. The maximum Gasteiger partial charge on any atom is 0.334 e. The number of carbonyl (C=O) groups excluding carboxylic acids is 3. The van der Waals surface area contributed by atoms with Crippen molar-refractivity contribution >= 4 is 28.7 Å². The standard InChI is InChI=1S/C35H36N6O4/c1-2-3-19-39-24-32(43)40-30(20-25-14-16-29(42)17-15-25)34(44)38(22-28-12-7-11-27-13-8-18-36-33(27)28)23-31(40)41(39)35(45)37-21-26-9-5-4-6-10-26/h2-18,30-31,42H,19-24H2,1H3,(H,37,45)/b3-2+/t30-,31-/m0/s1. The zero-order valence-electron chi connectivity index (χ0n) is 25.1. The van der Waals surface area contributed by atoms with Gasteiger partial charge in [-0.25, -0.2) is 14.8 Å². The second-order valence-electron chi connectivity index (χ2n) is 11.3. The van der Waals surface area contributed by atoms with Crippen molar-refractivity contribution in [1.82, 2.24) is 30.1 Å². The Morgan fingerprint density at radius 2 is 1.76 bits per heavy atom. The number of hydrazine groups is 1. The Bertz CT molecular complexity index is 1710. The Hall–Kier alpha value is -5.22. The molecule has 2 atom stereocenters. The molecule has 0 bridgehead atoms. The predicted octanol–water partition coefficient (Wildman–Crippen LogP) is 4.07. The van der Waals surface area contributed by atoms with Crippen molar-refractivity contribution < 1.29 is 19.5 Å². The summed E-state index contributed by atoms with van der Waals surface area (Å²) >= 11 is 0. The molecule has 2 saturated heterocycles. The molecule has 2 aliphatic heterocycles. The second-order valence-corrected chi connectivity index (χ2v) is 11.3. The van der Waals surface area contributed by atoms with Gasteiger partial charge in [0.05, 0.1) is 18.6 Å². The number of nitrogens with one attached hydrogen (secondary N) is 1. The maximum atomic E-state index is 14.3. The third-order valence-corrected chi connectivity index (χ3v) is 8.32. The Morgan fingerprint density at radius 1 is 0.978 bits per heavy atom. The number of aromatic hydroxyl groups is 1. The molecular formula is C35H36N6O4. The van der Waals surface area contributed by atoms with Gasteiger partial charge in [-0.1, -0.05) is 78.9 Å². The largest absolute Gasteiger partial charge is 0.508 e. The Morgan fingerprint density at radius 3 is 2.53 bits per heavy atom. The first-order valence-corrected chi connectivity index (χ1v) is 15.1. The summed E-state index contributed by atoms with van der Waals surface area (Å²) in [6, 6.07) is 24.8. The lowest BCUT2D eigenvalue weighted by Crippen LogP contribution is -2.76. The number of rotatable bonds is 8. The molecule has 10 nitrogen and oxygen atoms in total. The van der Waals surface area contributed by atoms with Gasteiger partial charge in [-0.3, -0.25) is 14.6 Å². The molecule has 2 aliphatic rings. The molecule has 4 aromatic rings. The Balaban J connectivity index is 1.37. The first-order chi connectivity index (χ1) is 21.9. The van der Waals surface area contributed by atoms with E-state index in [4.69, 9.17) is 0 Å². The van der Waals surface area contributed by atoms with Crippen LogP contribution in [0.4, 0.5) is 4.79 Å². The molecule has 0 unspecified atom stereocenters. The molecule has 0 aliphatic carbocycles. The number of hydrogen-bond donors (Lipinski definition) is 2. The van der Waals surface area contributed by atoms with Crippen LogP contribution in [0, 0.1) is 0 Å². The van der Waals surface area contributed by atoms with Crippen LogP contribution < -0.4 is 5.32 Å². The average Bonchev–Trinajstić information content (AvgIpc) is 3.06. The van der Waals surface area contributed by atoms with E-state index in [-0.39, 0.29) is 49.7 Å². The number of allylic oxidation sites excluding steroid dienone is 1. The summed E-state index contributed by atoms with van der Waals surface area (Å²) in [7, 11) is 0. The van der Waals surface area contributed by atoms with Gasteiger partial charge in [0, 0.05) is 37.6 Å². The fraction of sp³-hybridized carbons (Fsp3) is 0.257. The van der Waals surface area contributed by atoms with Crippen LogP contribution >= 0.6 is 0 Å². The molecule has 6 rings (SSSR count). The van der Waals surface area contributed by atoms with Crippen LogP contribution in [0.3, 0.4) is 0 Å². The van der Waals surface area contributed by atoms with E-state index in [0.717, 1.165) is 27.6 Å². The summed E-state index contributed by atoms with van der Waals surface area (Å²) in [5.41, 5.74) is 3.43. The molecule has 0 radical (unpaired) electrons. The molecule has 45 heavy (non-hydrogen) atoms. The zero-order valence-corrected chi connectivity index (χ0v) is 25.1. The fourth-order valence-electron chi connectivity index (χ4n) is 6.13. The molecule has 2 fully saturated rings. The second kappa shape index (κ2) is 13.2. The number of fused-ring (bicyclic) bond motifs is 2. The molecule has 3 aromatic carbocycles. The van der Waals surface area contributed by atoms with Crippen molar-refractivity contribution in [2.75, 3.05) is 19.6 Å². The number of amides is 4. The van der Waals surface area contributed by atoms with Crippen LogP contribution in [0.15, 0.2) is 103 Å². The minimum Gasteiger partial charge on any atom is -0.508 e. The number of pyridine rings is 1. The van der Waals surface area contributed by atoms with E-state index >= 15 is 0 Å². The number of phenols is 1. The Labute approximate surface area is 262 Å². The lowest BCUT2D eigenvalue weighted by atomic mass is 9.98. The SMILES string of the molecule is C/C=C/CN1CC(=O)N2[C@@H](Cc3ccc(O)cc3)C(=O)N(Cc3cccc4cccnc34)C[C@@H]2N1C(=O)NCc1ccccc1. The van der Waals surface area contributed by atoms with Crippen LogP contribution in [-0.2, 0) is 29.1 Å². The number of carbonyl (C=O) groups is 3. The van der Waals surface area contributed by atoms with Crippen LogP contribution in [0.2, 0.25) is 0 Å². The monoisotopic (exact) mass is 604 g/mol. The van der Waals surface area contributed by atoms with Crippen molar-refractivity contribution in [2.45, 2.75) is 38.6 Å². The number of phenolic OH excluding ortho intramolecular Hbond substituents is 1. The van der Waals surface area contributed by atoms with E-state index in [0.29, 0.717) is 13.1 Å². The van der Waals surface area contributed by atoms with Crippen LogP contribution in [-0.4, -0.2) is 79.6 Å². The number of para-hydroxylation sites is 1. The predicted molar refractivity (Wildman–Crippen MR) is 170 cm³/mol. The summed E-state index contributed by atoms with van der Waals surface area (Å²) in [5.74, 6) is -0.306. The first-order valence-electron chi connectivity index (χ1n) is 15.1. The van der Waals surface area contributed by atoms with Crippen molar-refractivity contribution in [3.8, 4) is 5.75 Å². The quantitative estimate of drug-likeness (QED) is 0.294. The van der Waals surface area contributed by atoms with Gasteiger partial charge in [0.15, 0.2) is 0 Å². The maximum absolute atomic E-state index is 14.3. The molecule has 2 N–H and O–H groups in total. The van der Waals surface area contributed by atoms with Gasteiger partial charge in [-0.05, 0) is 41.8 Å². The molecule has 0 spiro atoms. The van der Waals surface area contributed by atoms with Gasteiger partial charge in [-0.2, -0.15) is 0 Å². The highest BCUT2D eigenvalue weighted by Crippen LogP contribution is 2.30. The van der Waals surface area contributed by atoms with Gasteiger partial charge in [-0.15, -0.1) is 0 Å². The first kappa shape index (κ1) is 29.8. The zero-order chi connectivity index (χ0) is 31.3. The number of benzene rings is 3. The molecule has 1 aromatic heterocycles. The minimum atomic E-state index is -0.850. The van der Waals surface area contributed by atoms with Gasteiger partial charge >= 0.3 is 6.03 Å². The summed E-state index contributed by atoms with van der Waals surface area (Å²) in [5, 5.41) is 17.2. The Kier molecular flexibility index (Phi) is 8.74. The van der Waals surface area contributed by atoms with E-state index < -0.39 is 12.2 Å². The number of piperazine rings is 1. The van der Waals surface area contributed by atoms with Crippen LogP contribution in [0.25, 0.3) is 10.9 Å². The van der Waals surface area contributed by atoms with Gasteiger partial charge in [0.2, 0.25) is 11.8 Å². The summed E-state index contributed by atoms with van der Waals surface area (Å²) in [6.45, 7) is 2.92. The molecule has 230 valence electrons. The lowest BCUT2D eigenvalue weighted by Gasteiger charge is -2.55. The molecular weight excluding hydrogens is 568 g/mol. The summed E-state index contributed by atoms with van der Waals surface area (Å²) in [4.78, 5) is 50.1. The fourth-order valence-corrected chi connectivity index (χ4v) is 6.13.